The first-order valence-electron chi connectivity index (χ1n) is 4.30. The number of aliphatic carboxylic acids is 1. The third kappa shape index (κ3) is 4.67. The largest absolute Gasteiger partial charge is 1.00 e. The van der Waals surface area contributed by atoms with E-state index in [-0.39, 0.29) is 52.8 Å². The standard InChI is InChI=1S/C11H12O4.K.H/c1-14-9-5-3-8(4-6-11(12)13)10(7-9)15-2;;/h3-7H,1-2H3,(H,12,13);;/q;+1;-1. The van der Waals surface area contributed by atoms with Crippen molar-refractivity contribution < 1.29 is 72.2 Å². The van der Waals surface area contributed by atoms with Crippen LogP contribution in [0.3, 0.4) is 0 Å². The molecule has 0 aliphatic heterocycles. The maximum absolute atomic E-state index is 10.3. The minimum Gasteiger partial charge on any atom is -1.00 e. The summed E-state index contributed by atoms with van der Waals surface area (Å²) in [4.78, 5) is 10.3. The van der Waals surface area contributed by atoms with Crippen LogP contribution in [0.25, 0.3) is 6.08 Å². The van der Waals surface area contributed by atoms with Gasteiger partial charge >= 0.3 is 57.4 Å². The Morgan fingerprint density at radius 3 is 2.56 bits per heavy atom. The summed E-state index contributed by atoms with van der Waals surface area (Å²) in [5.74, 6) is 0.249. The molecule has 0 bridgehead atoms. The van der Waals surface area contributed by atoms with Gasteiger partial charge < -0.3 is 16.0 Å². The van der Waals surface area contributed by atoms with Gasteiger partial charge in [0, 0.05) is 17.7 Å². The van der Waals surface area contributed by atoms with E-state index in [0.29, 0.717) is 17.1 Å². The number of methoxy groups -OCH3 is 2. The monoisotopic (exact) mass is 248 g/mol. The first-order valence-corrected chi connectivity index (χ1v) is 4.30. The maximum atomic E-state index is 10.3. The topological polar surface area (TPSA) is 55.8 Å². The van der Waals surface area contributed by atoms with Crippen molar-refractivity contribution in [3.8, 4) is 11.5 Å². The van der Waals surface area contributed by atoms with E-state index in [1.54, 1.807) is 25.3 Å². The predicted molar refractivity (Wildman–Crippen MR) is 57.3 cm³/mol. The Morgan fingerprint density at radius 1 is 1.38 bits per heavy atom. The predicted octanol–water partition coefficient (Wildman–Crippen LogP) is -1.08. The van der Waals surface area contributed by atoms with Gasteiger partial charge in [0.15, 0.2) is 0 Å². The minimum absolute atomic E-state index is 0. The van der Waals surface area contributed by atoms with Crippen molar-refractivity contribution in [2.24, 2.45) is 0 Å². The van der Waals surface area contributed by atoms with Gasteiger partial charge in [-0.1, -0.05) is 0 Å². The van der Waals surface area contributed by atoms with E-state index < -0.39 is 5.97 Å². The molecule has 0 aliphatic carbocycles. The second-order valence-corrected chi connectivity index (χ2v) is 2.78. The molecule has 0 aliphatic rings. The third-order valence-corrected chi connectivity index (χ3v) is 1.85. The molecule has 0 unspecified atom stereocenters. The van der Waals surface area contributed by atoms with E-state index in [0.717, 1.165) is 6.08 Å². The second-order valence-electron chi connectivity index (χ2n) is 2.78. The van der Waals surface area contributed by atoms with Crippen LogP contribution in [0.2, 0.25) is 0 Å². The van der Waals surface area contributed by atoms with Crippen LogP contribution >= 0.6 is 0 Å². The molecule has 5 heteroatoms. The third-order valence-electron chi connectivity index (χ3n) is 1.85. The van der Waals surface area contributed by atoms with Crippen LogP contribution in [0.1, 0.15) is 6.99 Å². The van der Waals surface area contributed by atoms with Crippen molar-refractivity contribution in [3.05, 3.63) is 29.8 Å². The normalized spacial score (nSPS) is 9.62. The van der Waals surface area contributed by atoms with Crippen molar-refractivity contribution in [1.29, 1.82) is 0 Å². The Kier molecular flexibility index (Phi) is 7.70. The molecule has 0 saturated carbocycles. The summed E-state index contributed by atoms with van der Waals surface area (Å²) in [6.45, 7) is 0. The summed E-state index contributed by atoms with van der Waals surface area (Å²) in [6, 6.07) is 5.17. The van der Waals surface area contributed by atoms with Crippen LogP contribution < -0.4 is 60.9 Å². The zero-order valence-corrected chi connectivity index (χ0v) is 12.7. The number of hydrogen-bond acceptors (Lipinski definition) is 3. The molecule has 16 heavy (non-hydrogen) atoms. The van der Waals surface area contributed by atoms with Gasteiger partial charge in [-0.25, -0.2) is 4.79 Å². The second kappa shape index (κ2) is 7.86. The molecular formula is C11H13KO4. The Balaban J connectivity index is 0. The minimum atomic E-state index is -0.993. The smallest absolute Gasteiger partial charge is 1.00 e. The number of carboxylic acid groups (broad SMARTS) is 1. The summed E-state index contributed by atoms with van der Waals surface area (Å²) < 4.78 is 10.1. The van der Waals surface area contributed by atoms with E-state index in [4.69, 9.17) is 14.6 Å². The van der Waals surface area contributed by atoms with Crippen molar-refractivity contribution in [1.82, 2.24) is 0 Å². The van der Waals surface area contributed by atoms with Crippen LogP contribution in [-0.4, -0.2) is 25.3 Å². The Hall–Kier alpha value is -0.334. The molecule has 82 valence electrons. The van der Waals surface area contributed by atoms with Gasteiger partial charge in [0.25, 0.3) is 0 Å². The molecule has 0 heterocycles. The van der Waals surface area contributed by atoms with Crippen molar-refractivity contribution in [2.75, 3.05) is 14.2 Å². The molecule has 0 amide bonds. The first-order chi connectivity index (χ1) is 7.17. The van der Waals surface area contributed by atoms with E-state index in [9.17, 15) is 4.79 Å². The van der Waals surface area contributed by atoms with Gasteiger partial charge in [0.1, 0.15) is 11.5 Å². The summed E-state index contributed by atoms with van der Waals surface area (Å²) >= 11 is 0. The molecule has 0 spiro atoms. The molecule has 0 radical (unpaired) electrons. The number of rotatable bonds is 4. The molecule has 0 atom stereocenters. The number of benzene rings is 1. The zero-order valence-electron chi connectivity index (χ0n) is 10.6. The zero-order chi connectivity index (χ0) is 11.3. The Morgan fingerprint density at radius 2 is 2.06 bits per heavy atom. The fourth-order valence-electron chi connectivity index (χ4n) is 1.12. The number of carbonyl (C=O) groups is 1. The van der Waals surface area contributed by atoms with Gasteiger partial charge in [-0.05, 0) is 18.2 Å². The fraction of sp³-hybridized carbons (Fsp3) is 0.182. The van der Waals surface area contributed by atoms with Crippen molar-refractivity contribution in [3.63, 3.8) is 0 Å². The van der Waals surface area contributed by atoms with Crippen LogP contribution in [0.5, 0.6) is 11.5 Å². The van der Waals surface area contributed by atoms with E-state index >= 15 is 0 Å². The van der Waals surface area contributed by atoms with Crippen molar-refractivity contribution in [2.45, 2.75) is 0 Å². The van der Waals surface area contributed by atoms with Crippen molar-refractivity contribution >= 4 is 12.0 Å². The van der Waals surface area contributed by atoms with Gasteiger partial charge in [-0.2, -0.15) is 0 Å². The molecule has 1 aromatic rings. The summed E-state index contributed by atoms with van der Waals surface area (Å²) in [7, 11) is 3.08. The van der Waals surface area contributed by atoms with Crippen LogP contribution in [0, 0.1) is 0 Å². The molecule has 0 aromatic heterocycles. The molecule has 4 nitrogen and oxygen atoms in total. The molecule has 0 saturated heterocycles. The number of ether oxygens (including phenoxy) is 2. The SMILES string of the molecule is COc1ccc(C=CC(=O)O)c(OC)c1.[H-].[K+]. The molecule has 1 rings (SSSR count). The van der Waals surface area contributed by atoms with Gasteiger partial charge in [0.2, 0.25) is 0 Å². The Bertz CT molecular complexity index is 393. The maximum Gasteiger partial charge on any atom is 1.00 e. The van der Waals surface area contributed by atoms with Crippen LogP contribution in [-0.2, 0) is 4.79 Å². The quantitative estimate of drug-likeness (QED) is 0.544. The summed E-state index contributed by atoms with van der Waals surface area (Å²) in [6.07, 6.45) is 2.53. The average molecular weight is 248 g/mol. The molecule has 1 aromatic carbocycles. The van der Waals surface area contributed by atoms with Gasteiger partial charge in [-0.3, -0.25) is 0 Å². The number of carboxylic acids is 1. The fourth-order valence-corrected chi connectivity index (χ4v) is 1.12. The molecular weight excluding hydrogens is 235 g/mol. The first kappa shape index (κ1) is 15.7. The van der Waals surface area contributed by atoms with Crippen LogP contribution in [0.15, 0.2) is 24.3 Å². The summed E-state index contributed by atoms with van der Waals surface area (Å²) in [5.41, 5.74) is 0.695. The van der Waals surface area contributed by atoms with E-state index in [2.05, 4.69) is 0 Å². The average Bonchev–Trinajstić information content (AvgIpc) is 2.25. The number of hydrogen-bond donors (Lipinski definition) is 1. The molecule has 0 fully saturated rings. The molecule has 1 N–H and O–H groups in total. The Labute approximate surface area is 138 Å². The van der Waals surface area contributed by atoms with Gasteiger partial charge in [-0.15, -0.1) is 0 Å². The van der Waals surface area contributed by atoms with E-state index in [1.165, 1.54) is 13.2 Å². The van der Waals surface area contributed by atoms with Crippen LogP contribution in [0.4, 0.5) is 0 Å². The van der Waals surface area contributed by atoms with E-state index in [1.807, 2.05) is 0 Å². The summed E-state index contributed by atoms with van der Waals surface area (Å²) in [5, 5.41) is 8.49. The van der Waals surface area contributed by atoms with Gasteiger partial charge in [0.05, 0.1) is 14.2 Å².